The van der Waals surface area contributed by atoms with Crippen molar-refractivity contribution in [3.8, 4) is 0 Å². The van der Waals surface area contributed by atoms with Gasteiger partial charge in [-0.1, -0.05) is 17.7 Å². The fourth-order valence-corrected chi connectivity index (χ4v) is 2.62. The van der Waals surface area contributed by atoms with Crippen LogP contribution in [0.3, 0.4) is 0 Å². The predicted octanol–water partition coefficient (Wildman–Crippen LogP) is 2.59. The van der Waals surface area contributed by atoms with Gasteiger partial charge >= 0.3 is 0 Å². The second kappa shape index (κ2) is 7.38. The summed E-state index contributed by atoms with van der Waals surface area (Å²) in [6, 6.07) is 4.49. The van der Waals surface area contributed by atoms with Crippen LogP contribution in [0.25, 0.3) is 0 Å². The summed E-state index contributed by atoms with van der Waals surface area (Å²) >= 11 is 0. The van der Waals surface area contributed by atoms with Crippen LogP contribution in [0.4, 0.5) is 0 Å². The highest BCUT2D eigenvalue weighted by Crippen LogP contribution is 2.17. The Kier molecular flexibility index (Phi) is 5.53. The van der Waals surface area contributed by atoms with Crippen molar-refractivity contribution in [1.82, 2.24) is 14.9 Å². The fourth-order valence-electron chi connectivity index (χ4n) is 2.62. The molecule has 0 saturated heterocycles. The maximum absolute atomic E-state index is 5.01. The first kappa shape index (κ1) is 15.7. The molecule has 2 rings (SSSR count). The standard InChI is InChI=1S/C17H25N3O/c1-13-7-14(2)17(15(3)8-13)11-20-10-16(19-12-20)9-18-5-6-21-4/h7-8,10,12,18H,5-6,9,11H2,1-4H3. The Balaban J connectivity index is 1.99. The molecule has 1 aromatic carbocycles. The number of hydrogen-bond acceptors (Lipinski definition) is 3. The van der Waals surface area contributed by atoms with E-state index in [1.165, 1.54) is 22.3 Å². The maximum Gasteiger partial charge on any atom is 0.0953 e. The van der Waals surface area contributed by atoms with Gasteiger partial charge in [0.15, 0.2) is 0 Å². The van der Waals surface area contributed by atoms with Gasteiger partial charge < -0.3 is 14.6 Å². The van der Waals surface area contributed by atoms with E-state index in [0.717, 1.165) is 31.9 Å². The lowest BCUT2D eigenvalue weighted by molar-refractivity contribution is 0.199. The zero-order valence-electron chi connectivity index (χ0n) is 13.4. The van der Waals surface area contributed by atoms with Gasteiger partial charge in [0.2, 0.25) is 0 Å². The quantitative estimate of drug-likeness (QED) is 0.796. The summed E-state index contributed by atoms with van der Waals surface area (Å²) in [6.45, 7) is 9.73. The van der Waals surface area contributed by atoms with Crippen LogP contribution >= 0.6 is 0 Å². The van der Waals surface area contributed by atoms with E-state index in [9.17, 15) is 0 Å². The minimum Gasteiger partial charge on any atom is -0.383 e. The van der Waals surface area contributed by atoms with E-state index in [2.05, 4.69) is 54.0 Å². The summed E-state index contributed by atoms with van der Waals surface area (Å²) in [4.78, 5) is 4.45. The van der Waals surface area contributed by atoms with Crippen LogP contribution in [0.2, 0.25) is 0 Å². The van der Waals surface area contributed by atoms with Crippen LogP contribution in [0.1, 0.15) is 27.9 Å². The summed E-state index contributed by atoms with van der Waals surface area (Å²) in [7, 11) is 1.71. The van der Waals surface area contributed by atoms with Crippen LogP contribution in [0.5, 0.6) is 0 Å². The molecule has 4 nitrogen and oxygen atoms in total. The molecule has 0 spiro atoms. The number of methoxy groups -OCH3 is 1. The lowest BCUT2D eigenvalue weighted by Gasteiger charge is -2.11. The highest BCUT2D eigenvalue weighted by molar-refractivity contribution is 5.37. The molecular weight excluding hydrogens is 262 g/mol. The SMILES string of the molecule is COCCNCc1cn(Cc2c(C)cc(C)cc2C)cn1. The van der Waals surface area contributed by atoms with E-state index in [0.29, 0.717) is 0 Å². The number of aryl methyl sites for hydroxylation is 3. The number of rotatable bonds is 7. The molecule has 0 aliphatic rings. The average molecular weight is 287 g/mol. The molecule has 1 N–H and O–H groups in total. The minimum absolute atomic E-state index is 0.725. The number of nitrogens with one attached hydrogen (secondary N) is 1. The molecule has 0 saturated carbocycles. The Bertz CT molecular complexity index is 566. The zero-order chi connectivity index (χ0) is 15.2. The molecule has 0 aliphatic carbocycles. The molecule has 0 bridgehead atoms. The smallest absolute Gasteiger partial charge is 0.0953 e. The highest BCUT2D eigenvalue weighted by atomic mass is 16.5. The second-order valence-electron chi connectivity index (χ2n) is 5.58. The summed E-state index contributed by atoms with van der Waals surface area (Å²) in [5.41, 5.74) is 6.47. The Morgan fingerprint density at radius 3 is 2.57 bits per heavy atom. The molecule has 1 heterocycles. The first-order chi connectivity index (χ1) is 10.1. The fraction of sp³-hybridized carbons (Fsp3) is 0.471. The zero-order valence-corrected chi connectivity index (χ0v) is 13.4. The van der Waals surface area contributed by atoms with Gasteiger partial charge in [0.1, 0.15) is 0 Å². The van der Waals surface area contributed by atoms with E-state index >= 15 is 0 Å². The van der Waals surface area contributed by atoms with Crippen molar-refractivity contribution < 1.29 is 4.74 Å². The number of hydrogen-bond donors (Lipinski definition) is 1. The Morgan fingerprint density at radius 2 is 1.90 bits per heavy atom. The summed E-state index contributed by atoms with van der Waals surface area (Å²) < 4.78 is 7.16. The number of benzene rings is 1. The average Bonchev–Trinajstić information content (AvgIpc) is 2.87. The summed E-state index contributed by atoms with van der Waals surface area (Å²) in [5.74, 6) is 0. The third kappa shape index (κ3) is 4.41. The largest absolute Gasteiger partial charge is 0.383 e. The van der Waals surface area contributed by atoms with Crippen LogP contribution in [-0.4, -0.2) is 29.8 Å². The monoisotopic (exact) mass is 287 g/mol. The van der Waals surface area contributed by atoms with Crippen molar-refractivity contribution in [1.29, 1.82) is 0 Å². The van der Waals surface area contributed by atoms with Gasteiger partial charge in [0, 0.05) is 32.9 Å². The van der Waals surface area contributed by atoms with Gasteiger partial charge in [-0.2, -0.15) is 0 Å². The first-order valence-electron chi connectivity index (χ1n) is 7.37. The van der Waals surface area contributed by atoms with Crippen molar-refractivity contribution in [2.45, 2.75) is 33.9 Å². The summed E-state index contributed by atoms with van der Waals surface area (Å²) in [5, 5.41) is 3.31. The van der Waals surface area contributed by atoms with Crippen molar-refractivity contribution in [2.24, 2.45) is 0 Å². The van der Waals surface area contributed by atoms with E-state index < -0.39 is 0 Å². The molecular formula is C17H25N3O. The number of ether oxygens (including phenoxy) is 1. The third-order valence-electron chi connectivity index (χ3n) is 3.66. The Hall–Kier alpha value is -1.65. The van der Waals surface area contributed by atoms with E-state index in [-0.39, 0.29) is 0 Å². The van der Waals surface area contributed by atoms with Crippen LogP contribution in [0, 0.1) is 20.8 Å². The lowest BCUT2D eigenvalue weighted by atomic mass is 10.00. The van der Waals surface area contributed by atoms with Crippen molar-refractivity contribution in [3.63, 3.8) is 0 Å². The number of imidazole rings is 1. The maximum atomic E-state index is 5.01. The molecule has 4 heteroatoms. The first-order valence-corrected chi connectivity index (χ1v) is 7.37. The lowest BCUT2D eigenvalue weighted by Crippen LogP contribution is -2.18. The van der Waals surface area contributed by atoms with Gasteiger partial charge in [-0.3, -0.25) is 0 Å². The van der Waals surface area contributed by atoms with Gasteiger partial charge in [0.05, 0.1) is 18.6 Å². The van der Waals surface area contributed by atoms with Gasteiger partial charge in [0.25, 0.3) is 0 Å². The summed E-state index contributed by atoms with van der Waals surface area (Å²) in [6.07, 6.45) is 4.02. The van der Waals surface area contributed by atoms with Crippen LogP contribution in [0.15, 0.2) is 24.7 Å². The number of aromatic nitrogens is 2. The highest BCUT2D eigenvalue weighted by Gasteiger charge is 2.06. The van der Waals surface area contributed by atoms with E-state index in [1.807, 2.05) is 6.33 Å². The molecule has 0 unspecified atom stereocenters. The molecule has 2 aromatic rings. The molecule has 0 amide bonds. The van der Waals surface area contributed by atoms with E-state index in [4.69, 9.17) is 4.74 Å². The van der Waals surface area contributed by atoms with Crippen molar-refractivity contribution >= 4 is 0 Å². The third-order valence-corrected chi connectivity index (χ3v) is 3.66. The van der Waals surface area contributed by atoms with Crippen molar-refractivity contribution in [2.75, 3.05) is 20.3 Å². The Labute approximate surface area is 127 Å². The van der Waals surface area contributed by atoms with Crippen molar-refractivity contribution in [3.05, 3.63) is 52.6 Å². The Morgan fingerprint density at radius 1 is 1.19 bits per heavy atom. The molecule has 0 atom stereocenters. The minimum atomic E-state index is 0.725. The van der Waals surface area contributed by atoms with Gasteiger partial charge in [-0.05, 0) is 37.5 Å². The van der Waals surface area contributed by atoms with Gasteiger partial charge in [-0.25, -0.2) is 4.98 Å². The normalized spacial score (nSPS) is 11.0. The molecule has 1 aromatic heterocycles. The van der Waals surface area contributed by atoms with Gasteiger partial charge in [-0.15, -0.1) is 0 Å². The van der Waals surface area contributed by atoms with Crippen LogP contribution < -0.4 is 5.32 Å². The second-order valence-corrected chi connectivity index (χ2v) is 5.58. The molecule has 0 aliphatic heterocycles. The molecule has 114 valence electrons. The number of nitrogens with zero attached hydrogens (tertiary/aromatic N) is 2. The molecule has 0 radical (unpaired) electrons. The molecule has 0 fully saturated rings. The molecule has 21 heavy (non-hydrogen) atoms. The van der Waals surface area contributed by atoms with Crippen LogP contribution in [-0.2, 0) is 17.8 Å². The predicted molar refractivity (Wildman–Crippen MR) is 85.6 cm³/mol. The van der Waals surface area contributed by atoms with E-state index in [1.54, 1.807) is 7.11 Å². The topological polar surface area (TPSA) is 39.1 Å².